The van der Waals surface area contributed by atoms with Crippen LogP contribution >= 0.6 is 0 Å². The SMILES string of the molecule is CCn1cc(C2=NOC(C(=O)Nc3cn(C)n(-c4ccccc4)c3=O)C2)c(C)n1. The second-order valence-electron chi connectivity index (χ2n) is 6.88. The van der Waals surface area contributed by atoms with E-state index in [9.17, 15) is 9.59 Å². The smallest absolute Gasteiger partial charge is 0.295 e. The van der Waals surface area contributed by atoms with E-state index in [1.165, 1.54) is 4.68 Å². The first kappa shape index (κ1) is 18.7. The Labute approximate surface area is 167 Å². The third kappa shape index (κ3) is 3.46. The molecule has 3 aromatic rings. The minimum absolute atomic E-state index is 0.188. The predicted octanol–water partition coefficient (Wildman–Crippen LogP) is 1.83. The first-order valence-electron chi connectivity index (χ1n) is 9.40. The van der Waals surface area contributed by atoms with E-state index in [-0.39, 0.29) is 11.2 Å². The molecule has 0 spiro atoms. The molecule has 1 unspecified atom stereocenters. The Kier molecular flexibility index (Phi) is 4.79. The lowest BCUT2D eigenvalue weighted by Crippen LogP contribution is -2.30. The van der Waals surface area contributed by atoms with Crippen molar-refractivity contribution in [3.63, 3.8) is 0 Å². The molecule has 0 bridgehead atoms. The van der Waals surface area contributed by atoms with Gasteiger partial charge >= 0.3 is 0 Å². The maximum absolute atomic E-state index is 12.8. The Morgan fingerprint density at radius 1 is 1.28 bits per heavy atom. The van der Waals surface area contributed by atoms with E-state index >= 15 is 0 Å². The number of oxime groups is 1. The second kappa shape index (κ2) is 7.42. The minimum atomic E-state index is -0.792. The third-order valence-electron chi connectivity index (χ3n) is 4.86. The number of nitrogens with one attached hydrogen (secondary N) is 1. The molecule has 1 amide bonds. The van der Waals surface area contributed by atoms with Crippen molar-refractivity contribution < 1.29 is 9.63 Å². The highest BCUT2D eigenvalue weighted by Crippen LogP contribution is 2.20. The van der Waals surface area contributed by atoms with Crippen LogP contribution in [0.25, 0.3) is 5.69 Å². The number of aromatic nitrogens is 4. The van der Waals surface area contributed by atoms with Gasteiger partial charge in [-0.05, 0) is 26.0 Å². The van der Waals surface area contributed by atoms with Gasteiger partial charge in [0.2, 0.25) is 6.10 Å². The zero-order chi connectivity index (χ0) is 20.5. The fourth-order valence-corrected chi connectivity index (χ4v) is 3.36. The number of para-hydroxylation sites is 1. The number of amides is 1. The molecule has 0 fully saturated rings. The lowest BCUT2D eigenvalue weighted by atomic mass is 10.1. The number of hydrogen-bond acceptors (Lipinski definition) is 5. The summed E-state index contributed by atoms with van der Waals surface area (Å²) in [7, 11) is 1.74. The van der Waals surface area contributed by atoms with E-state index < -0.39 is 12.0 Å². The summed E-state index contributed by atoms with van der Waals surface area (Å²) in [6, 6.07) is 9.22. The van der Waals surface area contributed by atoms with Crippen LogP contribution in [0.5, 0.6) is 0 Å². The van der Waals surface area contributed by atoms with Gasteiger partial charge in [0, 0.05) is 31.8 Å². The van der Waals surface area contributed by atoms with Gasteiger partial charge in [-0.25, -0.2) is 4.68 Å². The van der Waals surface area contributed by atoms with Crippen molar-refractivity contribution >= 4 is 17.3 Å². The minimum Gasteiger partial charge on any atom is -0.382 e. The maximum atomic E-state index is 12.8. The molecule has 1 aliphatic heterocycles. The topological polar surface area (TPSA) is 95.4 Å². The summed E-state index contributed by atoms with van der Waals surface area (Å²) in [5.41, 5.74) is 2.97. The molecular weight excluding hydrogens is 372 g/mol. The zero-order valence-electron chi connectivity index (χ0n) is 16.5. The van der Waals surface area contributed by atoms with Gasteiger partial charge in [-0.15, -0.1) is 0 Å². The summed E-state index contributed by atoms with van der Waals surface area (Å²) in [6.07, 6.45) is 3.01. The van der Waals surface area contributed by atoms with Gasteiger partial charge in [0.05, 0.1) is 23.3 Å². The molecule has 1 aliphatic rings. The molecule has 9 nitrogen and oxygen atoms in total. The molecule has 9 heteroatoms. The maximum Gasteiger partial charge on any atom is 0.295 e. The Hall–Kier alpha value is -3.62. The number of nitrogens with zero attached hydrogens (tertiary/aromatic N) is 5. The first-order chi connectivity index (χ1) is 14.0. The highest BCUT2D eigenvalue weighted by Gasteiger charge is 2.31. The number of carbonyl (C=O) groups excluding carboxylic acids is 1. The molecule has 150 valence electrons. The van der Waals surface area contributed by atoms with Crippen LogP contribution in [0, 0.1) is 6.92 Å². The Morgan fingerprint density at radius 3 is 2.72 bits per heavy atom. The molecular formula is C20H22N6O3. The molecule has 29 heavy (non-hydrogen) atoms. The average Bonchev–Trinajstić information content (AvgIpc) is 3.40. The molecule has 1 N–H and O–H groups in total. The van der Waals surface area contributed by atoms with Crippen LogP contribution < -0.4 is 10.9 Å². The van der Waals surface area contributed by atoms with Gasteiger partial charge in [-0.2, -0.15) is 5.10 Å². The Bertz CT molecular complexity index is 1140. The average molecular weight is 394 g/mol. The van der Waals surface area contributed by atoms with E-state index in [0.29, 0.717) is 17.8 Å². The predicted molar refractivity (Wildman–Crippen MR) is 108 cm³/mol. The van der Waals surface area contributed by atoms with Gasteiger partial charge in [0.15, 0.2) is 0 Å². The fraction of sp³-hybridized carbons (Fsp3) is 0.300. The Morgan fingerprint density at radius 2 is 2.03 bits per heavy atom. The van der Waals surface area contributed by atoms with Crippen LogP contribution in [0.15, 0.2) is 52.7 Å². The number of hydrogen-bond donors (Lipinski definition) is 1. The quantitative estimate of drug-likeness (QED) is 0.714. The van der Waals surface area contributed by atoms with E-state index in [4.69, 9.17) is 4.84 Å². The van der Waals surface area contributed by atoms with Crippen molar-refractivity contribution in [1.29, 1.82) is 0 Å². The summed E-state index contributed by atoms with van der Waals surface area (Å²) in [5, 5.41) is 11.1. The fourth-order valence-electron chi connectivity index (χ4n) is 3.36. The standard InChI is InChI=1S/C20H22N6O3/c1-4-25-11-15(13(2)22-25)16-10-18(29-23-16)19(27)21-17-12-24(3)26(20(17)28)14-8-6-5-7-9-14/h5-9,11-12,18H,4,10H2,1-3H3,(H,21,27). The molecule has 1 atom stereocenters. The van der Waals surface area contributed by atoms with Crippen LogP contribution in [0.3, 0.4) is 0 Å². The largest absolute Gasteiger partial charge is 0.382 e. The van der Waals surface area contributed by atoms with Gasteiger partial charge in [-0.3, -0.25) is 19.0 Å². The summed E-state index contributed by atoms with van der Waals surface area (Å²) in [4.78, 5) is 30.7. The van der Waals surface area contributed by atoms with E-state index in [2.05, 4.69) is 15.6 Å². The van der Waals surface area contributed by atoms with Crippen molar-refractivity contribution in [2.24, 2.45) is 12.2 Å². The summed E-state index contributed by atoms with van der Waals surface area (Å²) in [6.45, 7) is 4.65. The summed E-state index contributed by atoms with van der Waals surface area (Å²) < 4.78 is 4.93. The van der Waals surface area contributed by atoms with Crippen LogP contribution in [0.1, 0.15) is 24.6 Å². The van der Waals surface area contributed by atoms with Crippen molar-refractivity contribution in [2.45, 2.75) is 32.9 Å². The molecule has 0 saturated heterocycles. The van der Waals surface area contributed by atoms with Crippen LogP contribution in [-0.2, 0) is 23.2 Å². The highest BCUT2D eigenvalue weighted by molar-refractivity contribution is 6.06. The zero-order valence-corrected chi connectivity index (χ0v) is 16.5. The van der Waals surface area contributed by atoms with E-state index in [1.807, 2.05) is 55.1 Å². The van der Waals surface area contributed by atoms with Crippen LogP contribution in [-0.4, -0.2) is 36.9 Å². The monoisotopic (exact) mass is 394 g/mol. The lowest BCUT2D eigenvalue weighted by molar-refractivity contribution is -0.125. The molecule has 4 rings (SSSR count). The normalized spacial score (nSPS) is 15.8. The van der Waals surface area contributed by atoms with Crippen molar-refractivity contribution in [3.8, 4) is 5.69 Å². The molecule has 0 aliphatic carbocycles. The van der Waals surface area contributed by atoms with Crippen LogP contribution in [0.2, 0.25) is 0 Å². The van der Waals surface area contributed by atoms with Gasteiger partial charge < -0.3 is 10.2 Å². The molecule has 3 heterocycles. The van der Waals surface area contributed by atoms with Gasteiger partial charge in [-0.1, -0.05) is 23.4 Å². The molecule has 0 radical (unpaired) electrons. The number of rotatable bonds is 5. The van der Waals surface area contributed by atoms with E-state index in [0.717, 1.165) is 17.8 Å². The second-order valence-corrected chi connectivity index (χ2v) is 6.88. The summed E-state index contributed by atoms with van der Waals surface area (Å²) in [5.74, 6) is -0.410. The number of carbonyl (C=O) groups is 1. The highest BCUT2D eigenvalue weighted by atomic mass is 16.6. The molecule has 2 aromatic heterocycles. The van der Waals surface area contributed by atoms with Crippen molar-refractivity contribution in [3.05, 3.63) is 64.3 Å². The first-order valence-corrected chi connectivity index (χ1v) is 9.40. The lowest BCUT2D eigenvalue weighted by Gasteiger charge is -2.07. The molecule has 0 saturated carbocycles. The number of benzene rings is 1. The third-order valence-corrected chi connectivity index (χ3v) is 4.86. The number of aryl methyl sites for hydroxylation is 3. The van der Waals surface area contributed by atoms with Gasteiger partial charge in [0.25, 0.3) is 11.5 Å². The Balaban J connectivity index is 1.49. The van der Waals surface area contributed by atoms with E-state index in [1.54, 1.807) is 17.9 Å². The van der Waals surface area contributed by atoms with Crippen molar-refractivity contribution in [2.75, 3.05) is 5.32 Å². The molecule has 1 aromatic carbocycles. The summed E-state index contributed by atoms with van der Waals surface area (Å²) >= 11 is 0. The number of anilines is 1. The van der Waals surface area contributed by atoms with Gasteiger partial charge in [0.1, 0.15) is 5.69 Å². The van der Waals surface area contributed by atoms with Crippen LogP contribution in [0.4, 0.5) is 5.69 Å². The van der Waals surface area contributed by atoms with Crippen molar-refractivity contribution in [1.82, 2.24) is 19.1 Å².